The molecule has 0 radical (unpaired) electrons. The molecule has 0 unspecified atom stereocenters. The number of ether oxygens (including phenoxy) is 1. The molecule has 0 aliphatic rings. The van der Waals surface area contributed by atoms with Gasteiger partial charge in [-0.2, -0.15) is 0 Å². The smallest absolute Gasteiger partial charge is 0.331 e. The van der Waals surface area contributed by atoms with Crippen LogP contribution in [0, 0.1) is 0 Å². The van der Waals surface area contributed by atoms with Gasteiger partial charge in [-0.1, -0.05) is 0 Å². The highest BCUT2D eigenvalue weighted by Crippen LogP contribution is 2.39. The Kier molecular flexibility index (Phi) is 3.10. The molecule has 7 heteroatoms. The minimum atomic E-state index is -4.11. The fraction of sp³-hybridized carbons (Fsp3) is 0.286. The molecule has 0 aliphatic heterocycles. The minimum absolute atomic E-state index is 0.174. The van der Waals surface area contributed by atoms with Gasteiger partial charge in [-0.15, -0.1) is 0 Å². The van der Waals surface area contributed by atoms with Gasteiger partial charge >= 0.3 is 7.60 Å². The average Bonchev–Trinajstić information content (AvgIpc) is 1.99. The Morgan fingerprint density at radius 2 is 2.21 bits per heavy atom. The fourth-order valence-electron chi connectivity index (χ4n) is 0.992. The Bertz CT molecular complexity index is 376. The predicted molar refractivity (Wildman–Crippen MR) is 50.9 cm³/mol. The molecule has 1 aromatic rings. The molecular weight excluding hydrogens is 207 g/mol. The number of nitrogens with two attached hydrogens (primary N) is 1. The van der Waals surface area contributed by atoms with Crippen molar-refractivity contribution >= 4 is 13.4 Å². The third-order valence-corrected chi connectivity index (χ3v) is 2.21. The van der Waals surface area contributed by atoms with Crippen LogP contribution in [0.4, 0.5) is 5.82 Å². The van der Waals surface area contributed by atoms with Crippen LogP contribution >= 0.6 is 7.60 Å². The van der Waals surface area contributed by atoms with Gasteiger partial charge in [-0.05, 0) is 0 Å². The van der Waals surface area contributed by atoms with Crippen LogP contribution in [-0.2, 0) is 10.7 Å². The van der Waals surface area contributed by atoms with Gasteiger partial charge in [0, 0.05) is 12.1 Å². The molecule has 0 bridgehead atoms. The van der Waals surface area contributed by atoms with E-state index in [1.807, 2.05) is 0 Å². The van der Waals surface area contributed by atoms with E-state index >= 15 is 0 Å². The van der Waals surface area contributed by atoms with Crippen molar-refractivity contribution in [1.29, 1.82) is 0 Å². The lowest BCUT2D eigenvalue weighted by molar-refractivity contribution is 0.371. The molecule has 0 fully saturated rings. The lowest BCUT2D eigenvalue weighted by atomic mass is 10.3. The van der Waals surface area contributed by atoms with Crippen LogP contribution in [0.5, 0.6) is 5.75 Å². The van der Waals surface area contributed by atoms with Crippen LogP contribution < -0.4 is 10.5 Å². The summed E-state index contributed by atoms with van der Waals surface area (Å²) in [5, 5.41) is 0. The van der Waals surface area contributed by atoms with Crippen LogP contribution in [0.25, 0.3) is 0 Å². The first-order valence-corrected chi connectivity index (χ1v) is 5.55. The third kappa shape index (κ3) is 3.33. The van der Waals surface area contributed by atoms with Gasteiger partial charge in [0.1, 0.15) is 11.6 Å². The average molecular weight is 218 g/mol. The normalized spacial score (nSPS) is 11.4. The Balaban J connectivity index is 2.98. The molecule has 1 heterocycles. The molecular formula is C7H11N2O4P. The maximum absolute atomic E-state index is 10.7. The number of aromatic nitrogens is 1. The van der Waals surface area contributed by atoms with E-state index in [4.69, 9.17) is 20.3 Å². The fourth-order valence-corrected chi connectivity index (χ4v) is 1.58. The van der Waals surface area contributed by atoms with E-state index in [0.717, 1.165) is 0 Å². The summed E-state index contributed by atoms with van der Waals surface area (Å²) in [5.41, 5.74) is 5.63. The Morgan fingerprint density at radius 1 is 1.57 bits per heavy atom. The van der Waals surface area contributed by atoms with E-state index < -0.39 is 13.8 Å². The molecule has 4 N–H and O–H groups in total. The van der Waals surface area contributed by atoms with Gasteiger partial charge in [0.05, 0.1) is 19.0 Å². The van der Waals surface area contributed by atoms with Crippen molar-refractivity contribution in [2.24, 2.45) is 0 Å². The maximum Gasteiger partial charge on any atom is 0.331 e. The van der Waals surface area contributed by atoms with Crippen molar-refractivity contribution in [1.82, 2.24) is 4.98 Å². The second-order valence-electron chi connectivity index (χ2n) is 2.75. The molecule has 14 heavy (non-hydrogen) atoms. The second kappa shape index (κ2) is 3.96. The summed E-state index contributed by atoms with van der Waals surface area (Å²) >= 11 is 0. The minimum Gasteiger partial charge on any atom is -0.497 e. The quantitative estimate of drug-likeness (QED) is 0.632. The van der Waals surface area contributed by atoms with Gasteiger partial charge in [0.2, 0.25) is 0 Å². The van der Waals surface area contributed by atoms with Crippen LogP contribution in [-0.4, -0.2) is 21.9 Å². The van der Waals surface area contributed by atoms with Crippen molar-refractivity contribution in [3.05, 3.63) is 17.8 Å². The Morgan fingerprint density at radius 3 is 2.71 bits per heavy atom. The van der Waals surface area contributed by atoms with Crippen LogP contribution in [0.3, 0.4) is 0 Å². The zero-order valence-corrected chi connectivity index (χ0v) is 8.44. The van der Waals surface area contributed by atoms with E-state index in [9.17, 15) is 4.57 Å². The molecule has 0 saturated heterocycles. The number of pyridine rings is 1. The maximum atomic E-state index is 10.7. The molecule has 78 valence electrons. The van der Waals surface area contributed by atoms with Crippen molar-refractivity contribution in [3.8, 4) is 5.75 Å². The van der Waals surface area contributed by atoms with Gasteiger partial charge in [-0.25, -0.2) is 4.98 Å². The summed E-state index contributed by atoms with van der Waals surface area (Å²) < 4.78 is 15.6. The van der Waals surface area contributed by atoms with Gasteiger partial charge in [-0.3, -0.25) is 4.57 Å². The number of anilines is 1. The highest BCUT2D eigenvalue weighted by molar-refractivity contribution is 7.50. The summed E-state index contributed by atoms with van der Waals surface area (Å²) in [6, 6.07) is 2.92. The van der Waals surface area contributed by atoms with E-state index in [0.29, 0.717) is 5.75 Å². The molecule has 0 spiro atoms. The summed E-state index contributed by atoms with van der Waals surface area (Å²) in [5.74, 6) is 0.605. The largest absolute Gasteiger partial charge is 0.497 e. The van der Waals surface area contributed by atoms with E-state index in [1.165, 1.54) is 19.2 Å². The highest BCUT2D eigenvalue weighted by atomic mass is 31.2. The number of hydrogen-bond donors (Lipinski definition) is 3. The lowest BCUT2D eigenvalue weighted by Gasteiger charge is -2.06. The molecule has 6 nitrogen and oxygen atoms in total. The van der Waals surface area contributed by atoms with Crippen molar-refractivity contribution < 1.29 is 19.1 Å². The number of methoxy groups -OCH3 is 1. The topological polar surface area (TPSA) is 106 Å². The third-order valence-electron chi connectivity index (χ3n) is 1.48. The summed E-state index contributed by atoms with van der Waals surface area (Å²) in [4.78, 5) is 21.2. The van der Waals surface area contributed by atoms with Gasteiger partial charge in [0.15, 0.2) is 0 Å². The van der Waals surface area contributed by atoms with E-state index in [2.05, 4.69) is 4.98 Å². The number of hydrogen-bond acceptors (Lipinski definition) is 4. The molecule has 0 aliphatic carbocycles. The molecule has 1 aromatic heterocycles. The molecule has 1 rings (SSSR count). The standard InChI is InChI=1S/C7H11N2O4P/c1-13-6-2-5(4-14(10,11)12)9-7(8)3-6/h2-3H,4H2,1H3,(H2,8,9)(H2,10,11,12). The zero-order valence-electron chi connectivity index (χ0n) is 7.54. The number of nitrogen functional groups attached to an aromatic ring is 1. The summed E-state index contributed by atoms with van der Waals surface area (Å²) in [7, 11) is -2.67. The Hall–Kier alpha value is -1.10. The number of nitrogens with zero attached hydrogens (tertiary/aromatic N) is 1. The first kappa shape index (κ1) is 11.0. The van der Waals surface area contributed by atoms with Crippen molar-refractivity contribution in [2.75, 3.05) is 12.8 Å². The predicted octanol–water partition coefficient (Wildman–Crippen LogP) is 0.350. The summed E-state index contributed by atoms with van der Waals surface area (Å²) in [6.07, 6.45) is -0.436. The van der Waals surface area contributed by atoms with Crippen molar-refractivity contribution in [2.45, 2.75) is 6.16 Å². The van der Waals surface area contributed by atoms with Crippen LogP contribution in [0.1, 0.15) is 5.69 Å². The second-order valence-corrected chi connectivity index (χ2v) is 4.39. The van der Waals surface area contributed by atoms with Crippen molar-refractivity contribution in [3.63, 3.8) is 0 Å². The first-order chi connectivity index (χ1) is 6.40. The van der Waals surface area contributed by atoms with E-state index in [1.54, 1.807) is 0 Å². The Labute approximate surface area is 80.9 Å². The highest BCUT2D eigenvalue weighted by Gasteiger charge is 2.15. The SMILES string of the molecule is COc1cc(N)nc(CP(=O)(O)O)c1. The van der Waals surface area contributed by atoms with Gasteiger partial charge < -0.3 is 20.3 Å². The van der Waals surface area contributed by atoms with E-state index in [-0.39, 0.29) is 11.5 Å². The first-order valence-electron chi connectivity index (χ1n) is 3.76. The lowest BCUT2D eigenvalue weighted by Crippen LogP contribution is -1.98. The number of rotatable bonds is 3. The van der Waals surface area contributed by atoms with Crippen LogP contribution in [0.15, 0.2) is 12.1 Å². The molecule has 0 amide bonds. The van der Waals surface area contributed by atoms with Crippen LogP contribution in [0.2, 0.25) is 0 Å². The van der Waals surface area contributed by atoms with Gasteiger partial charge in [0.25, 0.3) is 0 Å². The molecule has 0 aromatic carbocycles. The zero-order chi connectivity index (χ0) is 10.8. The monoisotopic (exact) mass is 218 g/mol. The summed E-state index contributed by atoms with van der Waals surface area (Å²) in [6.45, 7) is 0. The molecule has 0 atom stereocenters. The molecule has 0 saturated carbocycles.